The molecule has 92 valence electrons. The lowest BCUT2D eigenvalue weighted by Gasteiger charge is -2.21. The average Bonchev–Trinajstić information content (AvgIpc) is 2.40. The molecule has 0 spiro atoms. The third-order valence-corrected chi connectivity index (χ3v) is 3.33. The zero-order chi connectivity index (χ0) is 13.2. The summed E-state index contributed by atoms with van der Waals surface area (Å²) in [5.41, 5.74) is 8.03. The van der Waals surface area contributed by atoms with Gasteiger partial charge in [0.15, 0.2) is 0 Å². The van der Waals surface area contributed by atoms with Crippen LogP contribution in [0.2, 0.25) is 0 Å². The fourth-order valence-corrected chi connectivity index (χ4v) is 1.85. The number of benzene rings is 2. The van der Waals surface area contributed by atoms with Gasteiger partial charge in [-0.05, 0) is 30.5 Å². The van der Waals surface area contributed by atoms with Gasteiger partial charge < -0.3 is 5.73 Å². The number of carbonyl (C=O) groups excluding carboxylic acids is 1. The van der Waals surface area contributed by atoms with E-state index >= 15 is 0 Å². The Labute approximate surface area is 107 Å². The van der Waals surface area contributed by atoms with Crippen molar-refractivity contribution in [2.24, 2.45) is 5.73 Å². The molecule has 2 rings (SSSR count). The van der Waals surface area contributed by atoms with E-state index in [-0.39, 0.29) is 5.91 Å². The zero-order valence-corrected chi connectivity index (χ0v) is 10.7. The van der Waals surface area contributed by atoms with Crippen molar-refractivity contribution < 1.29 is 4.79 Å². The van der Waals surface area contributed by atoms with Gasteiger partial charge in [0.1, 0.15) is 0 Å². The second-order valence-corrected chi connectivity index (χ2v) is 4.93. The molecule has 0 unspecified atom stereocenters. The lowest BCUT2D eigenvalue weighted by atomic mass is 9.83. The van der Waals surface area contributed by atoms with Gasteiger partial charge in [0.05, 0.1) is 5.41 Å². The van der Waals surface area contributed by atoms with Gasteiger partial charge in [0.25, 0.3) is 0 Å². The maximum Gasteiger partial charge on any atom is 0.227 e. The van der Waals surface area contributed by atoms with E-state index in [1.165, 1.54) is 5.56 Å². The van der Waals surface area contributed by atoms with E-state index in [0.717, 1.165) is 11.1 Å². The lowest BCUT2D eigenvalue weighted by Crippen LogP contribution is -2.35. The Morgan fingerprint density at radius 3 is 1.89 bits per heavy atom. The second kappa shape index (κ2) is 4.65. The normalized spacial score (nSPS) is 11.2. The largest absolute Gasteiger partial charge is 0.369 e. The van der Waals surface area contributed by atoms with E-state index < -0.39 is 5.41 Å². The molecular formula is C16H17NO. The molecule has 18 heavy (non-hydrogen) atoms. The van der Waals surface area contributed by atoms with E-state index in [1.807, 2.05) is 56.3 Å². The first-order chi connectivity index (χ1) is 8.51. The summed E-state index contributed by atoms with van der Waals surface area (Å²) in [5.74, 6) is -0.310. The summed E-state index contributed by atoms with van der Waals surface area (Å²) in [6, 6.07) is 18.1. The number of rotatable bonds is 3. The van der Waals surface area contributed by atoms with Crippen LogP contribution in [0.25, 0.3) is 11.1 Å². The minimum absolute atomic E-state index is 0.310. The molecule has 2 aromatic carbocycles. The van der Waals surface area contributed by atoms with Crippen molar-refractivity contribution in [3.05, 3.63) is 60.2 Å². The van der Waals surface area contributed by atoms with Gasteiger partial charge >= 0.3 is 0 Å². The van der Waals surface area contributed by atoms with E-state index in [1.54, 1.807) is 0 Å². The standard InChI is InChI=1S/C16H17NO/c1-16(2,15(17)18)14-10-8-13(9-11-14)12-6-4-3-5-7-12/h3-11H,1-2H3,(H2,17,18). The van der Waals surface area contributed by atoms with Gasteiger partial charge in [-0.2, -0.15) is 0 Å². The third-order valence-electron chi connectivity index (χ3n) is 3.33. The summed E-state index contributed by atoms with van der Waals surface area (Å²) in [5, 5.41) is 0. The number of nitrogens with two attached hydrogens (primary N) is 1. The van der Waals surface area contributed by atoms with E-state index in [0.29, 0.717) is 0 Å². The van der Waals surface area contributed by atoms with Crippen LogP contribution in [0.5, 0.6) is 0 Å². The molecule has 0 aliphatic heterocycles. The molecule has 2 aromatic rings. The minimum atomic E-state index is -0.630. The van der Waals surface area contributed by atoms with E-state index in [9.17, 15) is 4.79 Å². The predicted octanol–water partition coefficient (Wildman–Crippen LogP) is 3.12. The van der Waals surface area contributed by atoms with Crippen LogP contribution in [-0.4, -0.2) is 5.91 Å². The van der Waals surface area contributed by atoms with Crippen molar-refractivity contribution in [3.8, 4) is 11.1 Å². The number of hydrogen-bond donors (Lipinski definition) is 1. The molecule has 2 nitrogen and oxygen atoms in total. The predicted molar refractivity (Wildman–Crippen MR) is 74.1 cm³/mol. The number of hydrogen-bond acceptors (Lipinski definition) is 1. The molecule has 1 amide bonds. The highest BCUT2D eigenvalue weighted by molar-refractivity contribution is 5.85. The van der Waals surface area contributed by atoms with Crippen LogP contribution in [0.3, 0.4) is 0 Å². The third kappa shape index (κ3) is 2.28. The van der Waals surface area contributed by atoms with Crippen molar-refractivity contribution in [3.63, 3.8) is 0 Å². The molecule has 0 aliphatic rings. The monoisotopic (exact) mass is 239 g/mol. The Kier molecular flexibility index (Phi) is 3.19. The van der Waals surface area contributed by atoms with Gasteiger partial charge in [-0.25, -0.2) is 0 Å². The summed E-state index contributed by atoms with van der Waals surface area (Å²) in [6.45, 7) is 3.68. The Morgan fingerprint density at radius 2 is 1.39 bits per heavy atom. The van der Waals surface area contributed by atoms with Crippen LogP contribution in [0.15, 0.2) is 54.6 Å². The average molecular weight is 239 g/mol. The highest BCUT2D eigenvalue weighted by Crippen LogP contribution is 2.26. The Morgan fingerprint density at radius 1 is 0.889 bits per heavy atom. The van der Waals surface area contributed by atoms with Crippen molar-refractivity contribution in [1.82, 2.24) is 0 Å². The first-order valence-corrected chi connectivity index (χ1v) is 5.97. The van der Waals surface area contributed by atoms with Crippen molar-refractivity contribution >= 4 is 5.91 Å². The smallest absolute Gasteiger partial charge is 0.227 e. The molecule has 0 heterocycles. The fraction of sp³-hybridized carbons (Fsp3) is 0.188. The number of carbonyl (C=O) groups is 1. The molecule has 0 saturated carbocycles. The molecule has 0 bridgehead atoms. The molecule has 0 aliphatic carbocycles. The maximum absolute atomic E-state index is 11.4. The van der Waals surface area contributed by atoms with E-state index in [4.69, 9.17) is 5.73 Å². The summed E-state index contributed by atoms with van der Waals surface area (Å²) in [7, 11) is 0. The molecule has 2 N–H and O–H groups in total. The first-order valence-electron chi connectivity index (χ1n) is 5.97. The minimum Gasteiger partial charge on any atom is -0.369 e. The van der Waals surface area contributed by atoms with Crippen LogP contribution in [0.1, 0.15) is 19.4 Å². The molecule has 0 radical (unpaired) electrons. The molecule has 0 saturated heterocycles. The molecule has 0 fully saturated rings. The van der Waals surface area contributed by atoms with Gasteiger partial charge in [-0.1, -0.05) is 54.6 Å². The van der Waals surface area contributed by atoms with Crippen LogP contribution in [0.4, 0.5) is 0 Å². The van der Waals surface area contributed by atoms with Crippen molar-refractivity contribution in [1.29, 1.82) is 0 Å². The Bertz CT molecular complexity index is 541. The molecular weight excluding hydrogens is 222 g/mol. The van der Waals surface area contributed by atoms with Crippen molar-refractivity contribution in [2.75, 3.05) is 0 Å². The van der Waals surface area contributed by atoms with Crippen LogP contribution in [-0.2, 0) is 10.2 Å². The van der Waals surface area contributed by atoms with Crippen LogP contribution < -0.4 is 5.73 Å². The Balaban J connectivity index is 2.35. The highest BCUT2D eigenvalue weighted by Gasteiger charge is 2.26. The first kappa shape index (κ1) is 12.4. The van der Waals surface area contributed by atoms with Crippen LogP contribution in [0, 0.1) is 0 Å². The summed E-state index contributed by atoms with van der Waals surface area (Å²) in [6.07, 6.45) is 0. The Hall–Kier alpha value is -2.09. The quantitative estimate of drug-likeness (QED) is 0.878. The highest BCUT2D eigenvalue weighted by atomic mass is 16.1. The summed E-state index contributed by atoms with van der Waals surface area (Å²) < 4.78 is 0. The summed E-state index contributed by atoms with van der Waals surface area (Å²) in [4.78, 5) is 11.4. The lowest BCUT2D eigenvalue weighted by molar-refractivity contribution is -0.122. The van der Waals surface area contributed by atoms with Gasteiger partial charge in [-0.3, -0.25) is 4.79 Å². The van der Waals surface area contributed by atoms with E-state index in [2.05, 4.69) is 12.1 Å². The zero-order valence-electron chi connectivity index (χ0n) is 10.7. The maximum atomic E-state index is 11.4. The van der Waals surface area contributed by atoms with Gasteiger partial charge in [0.2, 0.25) is 5.91 Å². The second-order valence-electron chi connectivity index (χ2n) is 4.93. The number of amides is 1. The molecule has 0 aromatic heterocycles. The topological polar surface area (TPSA) is 43.1 Å². The number of primary amides is 1. The summed E-state index contributed by atoms with van der Waals surface area (Å²) >= 11 is 0. The molecule has 2 heteroatoms. The van der Waals surface area contributed by atoms with Gasteiger partial charge in [0, 0.05) is 0 Å². The molecule has 0 atom stereocenters. The van der Waals surface area contributed by atoms with Crippen molar-refractivity contribution in [2.45, 2.75) is 19.3 Å². The fourth-order valence-electron chi connectivity index (χ4n) is 1.85. The SMILES string of the molecule is CC(C)(C(N)=O)c1ccc(-c2ccccc2)cc1. The van der Waals surface area contributed by atoms with Crippen LogP contribution >= 0.6 is 0 Å². The van der Waals surface area contributed by atoms with Gasteiger partial charge in [-0.15, -0.1) is 0 Å².